The van der Waals surface area contributed by atoms with Gasteiger partial charge in [0.15, 0.2) is 0 Å². The molecule has 1 aliphatic rings. The number of hydrogen-bond acceptors (Lipinski definition) is 6. The number of hydrogen-bond donors (Lipinski definition) is 1. The van der Waals surface area contributed by atoms with Crippen LogP contribution in [0.5, 0.6) is 0 Å². The molecule has 8 nitrogen and oxygen atoms in total. The maximum Gasteiger partial charge on any atom is 0.252 e. The first-order chi connectivity index (χ1) is 17.3. The van der Waals surface area contributed by atoms with Gasteiger partial charge in [-0.2, -0.15) is 4.98 Å². The van der Waals surface area contributed by atoms with Gasteiger partial charge in [0, 0.05) is 55.9 Å². The molecule has 1 amide bonds. The molecule has 8 heteroatoms. The van der Waals surface area contributed by atoms with Crippen molar-refractivity contribution in [1.82, 2.24) is 24.3 Å². The van der Waals surface area contributed by atoms with E-state index in [1.807, 2.05) is 18.7 Å². The second-order valence-corrected chi connectivity index (χ2v) is 9.63. The van der Waals surface area contributed by atoms with Gasteiger partial charge in [-0.25, -0.2) is 4.98 Å². The number of carbonyl (C=O) groups is 1. The minimum atomic E-state index is -0.0648. The van der Waals surface area contributed by atoms with Crippen molar-refractivity contribution in [1.29, 1.82) is 0 Å². The van der Waals surface area contributed by atoms with E-state index in [-0.39, 0.29) is 23.6 Å². The van der Waals surface area contributed by atoms with E-state index in [1.165, 1.54) is 11.6 Å². The topological polar surface area (TPSA) is 83.4 Å². The molecule has 0 bridgehead atoms. The molecule has 1 N–H and O–H groups in total. The molecule has 2 aromatic heterocycles. The van der Waals surface area contributed by atoms with Crippen LogP contribution in [0.2, 0.25) is 0 Å². The zero-order valence-corrected chi connectivity index (χ0v) is 21.6. The van der Waals surface area contributed by atoms with Crippen LogP contribution in [0.25, 0.3) is 11.0 Å². The number of pyridine rings is 1. The van der Waals surface area contributed by atoms with Crippen molar-refractivity contribution in [2.24, 2.45) is 0 Å². The zero-order valence-electron chi connectivity index (χ0n) is 21.6. The summed E-state index contributed by atoms with van der Waals surface area (Å²) in [5, 5.41) is 4.23. The highest BCUT2D eigenvalue weighted by molar-refractivity contribution is 5.87. The van der Waals surface area contributed by atoms with Crippen LogP contribution in [0.4, 0.5) is 5.95 Å². The summed E-state index contributed by atoms with van der Waals surface area (Å²) >= 11 is 0. The minimum Gasteiger partial charge on any atom is -0.348 e. The number of nitrogens with one attached hydrogen (secondary N) is 1. The second kappa shape index (κ2) is 11.0. The molecule has 1 aromatic carbocycles. The van der Waals surface area contributed by atoms with E-state index >= 15 is 0 Å². The summed E-state index contributed by atoms with van der Waals surface area (Å²) < 4.78 is 1.69. The maximum atomic E-state index is 12.4. The van der Waals surface area contributed by atoms with Crippen molar-refractivity contribution >= 4 is 22.9 Å². The first-order valence-corrected chi connectivity index (χ1v) is 12.7. The molecule has 0 saturated carbocycles. The highest BCUT2D eigenvalue weighted by Crippen LogP contribution is 2.27. The van der Waals surface area contributed by atoms with Crippen molar-refractivity contribution in [3.63, 3.8) is 0 Å². The average molecular weight is 489 g/mol. The fourth-order valence-electron chi connectivity index (χ4n) is 4.98. The van der Waals surface area contributed by atoms with Gasteiger partial charge in [0.2, 0.25) is 11.9 Å². The first-order valence-electron chi connectivity index (χ1n) is 12.7. The zero-order chi connectivity index (χ0) is 25.8. The molecular weight excluding hydrogens is 452 g/mol. The van der Waals surface area contributed by atoms with Crippen molar-refractivity contribution in [2.75, 3.05) is 31.5 Å². The largest absolute Gasteiger partial charge is 0.348 e. The van der Waals surface area contributed by atoms with E-state index < -0.39 is 0 Å². The SMILES string of the molecule is C=CC(=O)N1CCN([C@H](CC)c2ccc([C@@H](C)Nc3ncc4ccc(=O)n(C(C)C)c4n3)cc2)CC1. The number of anilines is 1. The standard InChI is InChI=1S/C28H36N6O2/c1-6-24(32-14-16-33(17-15-32)25(35)7-2)22-10-8-21(9-11-22)20(5)30-28-29-18-23-12-13-26(36)34(19(3)4)27(23)31-28/h7-13,18-20,24H,2,6,14-17H2,1,3-5H3,(H,29,30,31)/t20-,24-/m1/s1. The summed E-state index contributed by atoms with van der Waals surface area (Å²) in [6.07, 6.45) is 4.16. The van der Waals surface area contributed by atoms with Crippen molar-refractivity contribution in [3.05, 3.63) is 76.7 Å². The van der Waals surface area contributed by atoms with E-state index in [9.17, 15) is 9.59 Å². The van der Waals surface area contributed by atoms with Crippen LogP contribution >= 0.6 is 0 Å². The molecule has 2 atom stereocenters. The van der Waals surface area contributed by atoms with Gasteiger partial charge in [0.05, 0.1) is 6.04 Å². The molecule has 190 valence electrons. The molecule has 0 unspecified atom stereocenters. The van der Waals surface area contributed by atoms with Gasteiger partial charge in [-0.3, -0.25) is 19.1 Å². The Morgan fingerprint density at radius 2 is 1.72 bits per heavy atom. The number of fused-ring (bicyclic) bond motifs is 1. The molecule has 3 aromatic rings. The molecule has 1 saturated heterocycles. The van der Waals surface area contributed by atoms with Gasteiger partial charge in [0.1, 0.15) is 5.65 Å². The van der Waals surface area contributed by atoms with E-state index in [0.29, 0.717) is 17.6 Å². The van der Waals surface area contributed by atoms with Crippen LogP contribution in [0, 0.1) is 0 Å². The molecule has 36 heavy (non-hydrogen) atoms. The molecule has 1 aliphatic heterocycles. The van der Waals surface area contributed by atoms with Crippen LogP contribution < -0.4 is 10.9 Å². The molecule has 3 heterocycles. The average Bonchev–Trinajstić information content (AvgIpc) is 2.89. The van der Waals surface area contributed by atoms with Gasteiger partial charge < -0.3 is 10.2 Å². The van der Waals surface area contributed by atoms with Crippen LogP contribution in [-0.4, -0.2) is 56.4 Å². The number of amides is 1. The molecule has 4 rings (SSSR count). The number of nitrogens with zero attached hydrogens (tertiary/aromatic N) is 5. The van der Waals surface area contributed by atoms with Gasteiger partial charge in [-0.15, -0.1) is 0 Å². The van der Waals surface area contributed by atoms with E-state index in [2.05, 4.69) is 64.9 Å². The lowest BCUT2D eigenvalue weighted by atomic mass is 9.98. The fraction of sp³-hybridized carbons (Fsp3) is 0.429. The smallest absolute Gasteiger partial charge is 0.252 e. The molecule has 0 radical (unpaired) electrons. The Morgan fingerprint density at radius 3 is 2.33 bits per heavy atom. The summed E-state index contributed by atoms with van der Waals surface area (Å²) in [5.74, 6) is 0.508. The third kappa shape index (κ3) is 5.33. The van der Waals surface area contributed by atoms with Crippen LogP contribution in [0.1, 0.15) is 63.4 Å². The lowest BCUT2D eigenvalue weighted by Crippen LogP contribution is -2.49. The van der Waals surface area contributed by atoms with Crippen LogP contribution in [0.3, 0.4) is 0 Å². The third-order valence-corrected chi connectivity index (χ3v) is 6.98. The van der Waals surface area contributed by atoms with Gasteiger partial charge in [-0.1, -0.05) is 37.8 Å². The predicted octanol–water partition coefficient (Wildman–Crippen LogP) is 4.33. The Bertz CT molecular complexity index is 1280. The highest BCUT2D eigenvalue weighted by atomic mass is 16.2. The summed E-state index contributed by atoms with van der Waals surface area (Å²) in [4.78, 5) is 37.7. The Morgan fingerprint density at radius 1 is 1.06 bits per heavy atom. The first kappa shape index (κ1) is 25.6. The van der Waals surface area contributed by atoms with Gasteiger partial charge in [0.25, 0.3) is 5.56 Å². The monoisotopic (exact) mass is 488 g/mol. The summed E-state index contributed by atoms with van der Waals surface area (Å²) in [6, 6.07) is 12.3. The van der Waals surface area contributed by atoms with E-state index in [4.69, 9.17) is 0 Å². The quantitative estimate of drug-likeness (QED) is 0.475. The number of piperazine rings is 1. The van der Waals surface area contributed by atoms with Gasteiger partial charge in [-0.05, 0) is 50.5 Å². The summed E-state index contributed by atoms with van der Waals surface area (Å²) in [5.41, 5.74) is 2.98. The normalized spacial score (nSPS) is 16.2. The van der Waals surface area contributed by atoms with Crippen molar-refractivity contribution in [3.8, 4) is 0 Å². The van der Waals surface area contributed by atoms with Crippen LogP contribution in [-0.2, 0) is 4.79 Å². The number of carbonyl (C=O) groups excluding carboxylic acids is 1. The Hall–Kier alpha value is -3.52. The Kier molecular flexibility index (Phi) is 7.84. The minimum absolute atomic E-state index is 0.00545. The lowest BCUT2D eigenvalue weighted by Gasteiger charge is -2.39. The predicted molar refractivity (Wildman–Crippen MR) is 144 cm³/mol. The second-order valence-electron chi connectivity index (χ2n) is 9.63. The number of rotatable bonds is 8. The lowest BCUT2D eigenvalue weighted by molar-refractivity contribution is -0.128. The summed E-state index contributed by atoms with van der Waals surface area (Å²) in [7, 11) is 0. The third-order valence-electron chi connectivity index (χ3n) is 6.98. The summed E-state index contributed by atoms with van der Waals surface area (Å²) in [6.45, 7) is 15.0. The molecule has 0 spiro atoms. The molecule has 1 fully saturated rings. The van der Waals surface area contributed by atoms with Crippen molar-refractivity contribution in [2.45, 2.75) is 52.2 Å². The maximum absolute atomic E-state index is 12.4. The molecule has 0 aliphatic carbocycles. The fourth-order valence-corrected chi connectivity index (χ4v) is 4.98. The number of benzene rings is 1. The van der Waals surface area contributed by atoms with Crippen molar-refractivity contribution < 1.29 is 4.79 Å². The Labute approximate surface area is 212 Å². The van der Waals surface area contributed by atoms with E-state index in [0.717, 1.165) is 43.5 Å². The molecular formula is C28H36N6O2. The number of aromatic nitrogens is 3. The van der Waals surface area contributed by atoms with Crippen LogP contribution in [0.15, 0.2) is 60.0 Å². The Balaban J connectivity index is 1.46. The highest BCUT2D eigenvalue weighted by Gasteiger charge is 2.25. The van der Waals surface area contributed by atoms with E-state index in [1.54, 1.807) is 22.9 Å². The van der Waals surface area contributed by atoms with Gasteiger partial charge >= 0.3 is 0 Å².